The topological polar surface area (TPSA) is 329 Å². The monoisotopic (exact) mass is 2120 g/mol. The normalized spacial score (nSPS) is 18.3. The number of aryl methyl sites for hydroxylation is 1. The van der Waals surface area contributed by atoms with Gasteiger partial charge in [0, 0.05) is 176 Å². The molecule has 7 amide bonds. The van der Waals surface area contributed by atoms with Crippen LogP contribution in [0.2, 0.25) is 0 Å². The van der Waals surface area contributed by atoms with Gasteiger partial charge in [-0.25, -0.2) is 8.42 Å². The summed E-state index contributed by atoms with van der Waals surface area (Å²) in [5.41, 5.74) is 8.84. The van der Waals surface area contributed by atoms with E-state index in [1.54, 1.807) is 83.7 Å². The van der Waals surface area contributed by atoms with Crippen molar-refractivity contribution in [2.24, 2.45) is 0 Å². The van der Waals surface area contributed by atoms with Crippen molar-refractivity contribution in [3.63, 3.8) is 0 Å². The Hall–Kier alpha value is -12.8. The largest absolute Gasteiger partial charge is 0.416 e. The first-order chi connectivity index (χ1) is 71.4. The molecule has 0 radical (unpaired) electrons. The average molecular weight is 2120 g/mol. The molecule has 150 heavy (non-hydrogen) atoms. The Morgan fingerprint density at radius 2 is 0.540 bits per heavy atom. The number of likely N-dealkylation sites (N-methyl/N-ethyl adjacent to an activating group) is 1. The first-order valence-electron chi connectivity index (χ1n) is 50.9. The van der Waals surface area contributed by atoms with Crippen LogP contribution < -0.4 is 0 Å². The molecule has 10 aliphatic rings. The summed E-state index contributed by atoms with van der Waals surface area (Å²) in [5.74, 6) is -2.26. The van der Waals surface area contributed by atoms with E-state index in [0.29, 0.717) is 239 Å². The highest BCUT2D eigenvalue weighted by Crippen LogP contribution is 2.47. The number of alkyl halides is 15. The summed E-state index contributed by atoms with van der Waals surface area (Å²) in [4.78, 5) is 105. The van der Waals surface area contributed by atoms with Gasteiger partial charge in [0.25, 0.3) is 29.5 Å². The number of aromatic nitrogens is 10. The number of amides is 7. The van der Waals surface area contributed by atoms with Crippen LogP contribution in [0, 0.1) is 0 Å². The van der Waals surface area contributed by atoms with Crippen LogP contribution in [0.15, 0.2) is 121 Å². The molecule has 5 aromatic carbocycles. The molecule has 0 unspecified atom stereocenters. The Kier molecular flexibility index (Phi) is 33.8. The molecular formula is C105H121F15N20O9S. The molecule has 0 spiro atoms. The van der Waals surface area contributed by atoms with Crippen LogP contribution >= 0.6 is 0 Å². The SMILES string of the molecule is CC(=O)N1CCc2c(C(=O)N3CCC(c4ccccc4C(F)(F)F)CC3)n[nH]c2C1.CC(=O)N1Cc2[nH]nc(C(=O)N3CCC(c4ccccc4C(F)(F)F)CC3)c2C1.CCN1CCCc2[nH]nc(C(=O)N3CCC(c4ccccc4C(F)(F)F)CC3)c2C1.CCN1CCc2[nH]nc(C(=O)N3CCC(c4ccccc4C(F)(F)F)CC3)c2C1.CCS(=O)(=O)N1CCc2[nH]nc(C(=O)N3CCC(c4ccccc4C(F)(F)F)CC3)c2C1. The number of likely N-dealkylation sites (tertiary alicyclic amines) is 5. The van der Waals surface area contributed by atoms with Crippen LogP contribution in [0.4, 0.5) is 65.9 Å². The van der Waals surface area contributed by atoms with Gasteiger partial charge in [-0.1, -0.05) is 105 Å². The van der Waals surface area contributed by atoms with Crippen molar-refractivity contribution in [2.75, 3.05) is 110 Å². The van der Waals surface area contributed by atoms with Gasteiger partial charge < -0.3 is 34.3 Å². The minimum absolute atomic E-state index is 0.0175. The standard InChI is InChI=1S/C22H27F3N4O.C21H25F3N4O3S.C21H23F3N4O2.C21H25F3N4O.C20H21F3N4O2/c1-2-28-11-5-8-19-17(14-28)20(27-26-19)21(30)29-12-9-15(10-13-29)16-6-3-4-7-18(16)22(23,24)25;1-2-32(30,31)28-12-9-18-16(13-28)19(26-25-18)20(29)27-10-7-14(8-11-27)15-5-3-4-6-17(15)21(22,23)24;1-13(29)28-11-8-16-18(12-28)25-26-19(16)20(30)27-9-6-14(7-10-27)15-4-2-3-5-17(15)21(22,23)24;1-2-27-10-9-18-16(13-27)19(26-25-18)20(29)28-11-7-14(8-12-28)15-5-3-4-6-17(15)21(22,23)24;1-12(28)27-10-15-17(11-27)24-25-18(15)19(29)26-8-6-13(7-9-26)14-4-2-3-5-16(14)20(21,22)23/h3-4,6-7,15H,2,5,8-14H2,1H3,(H,26,27);3-6,14H,2,7-13H2,1H3,(H,25,26);2-5,14H,6-12H2,1H3,(H,25,26);3-6,14H,2,7-13H2,1H3,(H,25,26);2-5,13H,6-11H2,1H3,(H,24,25). The van der Waals surface area contributed by atoms with Gasteiger partial charge in [0.15, 0.2) is 28.5 Å². The van der Waals surface area contributed by atoms with Crippen molar-refractivity contribution in [3.05, 3.63) is 262 Å². The zero-order valence-electron chi connectivity index (χ0n) is 83.8. The second kappa shape index (κ2) is 46.2. The van der Waals surface area contributed by atoms with E-state index < -0.39 is 68.7 Å². The Morgan fingerprint density at radius 1 is 0.287 bits per heavy atom. The lowest BCUT2D eigenvalue weighted by molar-refractivity contribution is -0.139. The first-order valence-corrected chi connectivity index (χ1v) is 52.5. The molecule has 0 bridgehead atoms. The quantitative estimate of drug-likeness (QED) is 0.0632. The van der Waals surface area contributed by atoms with Crippen molar-refractivity contribution >= 4 is 51.4 Å². The van der Waals surface area contributed by atoms with Crippen LogP contribution in [-0.2, 0) is 115 Å². The molecule has 0 atom stereocenters. The number of nitrogens with zero attached hydrogens (tertiary/aromatic N) is 15. The van der Waals surface area contributed by atoms with Crippen LogP contribution in [0.25, 0.3) is 0 Å². The molecule has 5 fully saturated rings. The predicted molar refractivity (Wildman–Crippen MR) is 522 cm³/mol. The zero-order chi connectivity index (χ0) is 107. The molecule has 0 saturated carbocycles. The maximum absolute atomic E-state index is 13.4. The molecule has 10 aromatic rings. The van der Waals surface area contributed by atoms with E-state index in [-0.39, 0.29) is 94.5 Å². The van der Waals surface area contributed by atoms with Crippen molar-refractivity contribution in [2.45, 2.75) is 231 Å². The van der Waals surface area contributed by atoms with E-state index >= 15 is 0 Å². The molecule has 806 valence electrons. The fourth-order valence-corrected chi connectivity index (χ4v) is 23.3. The third-order valence-electron chi connectivity index (χ3n) is 30.7. The molecule has 5 aromatic heterocycles. The number of benzene rings is 5. The van der Waals surface area contributed by atoms with Crippen molar-refractivity contribution in [1.29, 1.82) is 0 Å². The third kappa shape index (κ3) is 24.8. The number of hydrogen-bond donors (Lipinski definition) is 5. The third-order valence-corrected chi connectivity index (χ3v) is 32.6. The van der Waals surface area contributed by atoms with Crippen molar-refractivity contribution in [3.8, 4) is 0 Å². The maximum Gasteiger partial charge on any atom is 0.416 e. The molecule has 15 heterocycles. The van der Waals surface area contributed by atoms with E-state index in [2.05, 4.69) is 74.6 Å². The highest BCUT2D eigenvalue weighted by molar-refractivity contribution is 7.89. The van der Waals surface area contributed by atoms with Crippen molar-refractivity contribution in [1.82, 2.24) is 99.4 Å². The first kappa shape index (κ1) is 110. The van der Waals surface area contributed by atoms with E-state index in [0.717, 1.165) is 126 Å². The Morgan fingerprint density at radius 3 is 0.833 bits per heavy atom. The Balaban J connectivity index is 0.000000134. The molecule has 20 rings (SSSR count). The van der Waals surface area contributed by atoms with Crippen LogP contribution in [0.3, 0.4) is 0 Å². The van der Waals surface area contributed by atoms with E-state index in [4.69, 9.17) is 0 Å². The summed E-state index contributed by atoms with van der Waals surface area (Å²) in [7, 11) is -3.39. The van der Waals surface area contributed by atoms with E-state index in [1.807, 2.05) is 0 Å². The van der Waals surface area contributed by atoms with Gasteiger partial charge in [0.2, 0.25) is 21.8 Å². The van der Waals surface area contributed by atoms with Crippen LogP contribution in [0.5, 0.6) is 0 Å². The maximum atomic E-state index is 13.4. The average Bonchev–Trinajstić information content (AvgIpc) is 1.63. The smallest absolute Gasteiger partial charge is 0.337 e. The number of H-pyrrole nitrogens is 5. The second-order valence-electron chi connectivity index (χ2n) is 39.5. The predicted octanol–water partition coefficient (Wildman–Crippen LogP) is 17.9. The minimum atomic E-state index is -4.41. The number of piperidine rings is 5. The van der Waals surface area contributed by atoms with Gasteiger partial charge in [-0.2, -0.15) is 95.7 Å². The molecule has 5 N–H and O–H groups in total. The van der Waals surface area contributed by atoms with E-state index in [9.17, 15) is 108 Å². The zero-order valence-corrected chi connectivity index (χ0v) is 84.6. The van der Waals surface area contributed by atoms with Gasteiger partial charge in [0.1, 0.15) is 0 Å². The lowest BCUT2D eigenvalue weighted by Crippen LogP contribution is -2.40. The fourth-order valence-electron chi connectivity index (χ4n) is 22.2. The molecule has 0 aliphatic carbocycles. The van der Waals surface area contributed by atoms with Gasteiger partial charge in [-0.3, -0.25) is 68.9 Å². The number of rotatable bonds is 14. The summed E-state index contributed by atoms with van der Waals surface area (Å²) in [5, 5.41) is 35.7. The number of nitrogens with one attached hydrogen (secondary N) is 5. The Bertz CT molecular complexity index is 6610. The molecule has 10 aliphatic heterocycles. The summed E-state index contributed by atoms with van der Waals surface area (Å²) in [6.07, 6.45) is -13.3. The fraction of sp³-hybridized carbons (Fsp3) is 0.505. The number of carbonyl (C=O) groups excluding carboxylic acids is 7. The number of sulfonamides is 1. The molecular weight excluding hydrogens is 2000 g/mol. The summed E-state index contributed by atoms with van der Waals surface area (Å²) >= 11 is 0. The number of halogens is 15. The Labute approximate surface area is 857 Å². The molecule has 5 saturated heterocycles. The highest BCUT2D eigenvalue weighted by Gasteiger charge is 2.46. The molecule has 29 nitrogen and oxygen atoms in total. The van der Waals surface area contributed by atoms with E-state index in [1.165, 1.54) is 66.7 Å². The van der Waals surface area contributed by atoms with Gasteiger partial charge >= 0.3 is 30.9 Å². The number of hydrogen-bond acceptors (Lipinski definition) is 16. The summed E-state index contributed by atoms with van der Waals surface area (Å²) in [6.45, 7) is 20.0. The summed E-state index contributed by atoms with van der Waals surface area (Å²) < 4.78 is 226. The minimum Gasteiger partial charge on any atom is -0.337 e. The van der Waals surface area contributed by atoms with Gasteiger partial charge in [-0.05, 0) is 198 Å². The van der Waals surface area contributed by atoms with Crippen molar-refractivity contribution < 1.29 is 108 Å². The lowest BCUT2D eigenvalue weighted by atomic mass is 9.86. The number of aromatic amines is 5. The number of fused-ring (bicyclic) bond motifs is 5. The van der Waals surface area contributed by atoms with Crippen LogP contribution in [-0.4, -0.2) is 260 Å². The lowest BCUT2D eigenvalue weighted by Gasteiger charge is -2.33. The van der Waals surface area contributed by atoms with Gasteiger partial charge in [0.05, 0.1) is 64.6 Å². The summed E-state index contributed by atoms with van der Waals surface area (Å²) in [6, 6.07) is 28.5. The second-order valence-corrected chi connectivity index (χ2v) is 41.8. The van der Waals surface area contributed by atoms with Crippen LogP contribution in [0.1, 0.15) is 299 Å². The number of carbonyl (C=O) groups is 7. The van der Waals surface area contributed by atoms with Gasteiger partial charge in [-0.15, -0.1) is 0 Å². The molecule has 45 heteroatoms. The highest BCUT2D eigenvalue weighted by atomic mass is 32.2.